The Labute approximate surface area is 217 Å². The highest BCUT2D eigenvalue weighted by atomic mass is 16.2. The third-order valence-corrected chi connectivity index (χ3v) is 7.59. The number of nitrogens with zero attached hydrogens (tertiary/aromatic N) is 4. The molecular weight excluding hydrogens is 464 g/mol. The number of amides is 3. The fourth-order valence-corrected chi connectivity index (χ4v) is 5.55. The molecule has 37 heavy (non-hydrogen) atoms. The first-order valence-electron chi connectivity index (χ1n) is 12.8. The first-order chi connectivity index (χ1) is 18.0. The van der Waals surface area contributed by atoms with E-state index in [1.165, 1.54) is 10.5 Å². The fourth-order valence-electron chi connectivity index (χ4n) is 5.55. The van der Waals surface area contributed by atoms with E-state index in [1.807, 2.05) is 54.3 Å². The lowest BCUT2D eigenvalue weighted by molar-refractivity contribution is -0.143. The van der Waals surface area contributed by atoms with E-state index in [1.54, 1.807) is 24.5 Å². The van der Waals surface area contributed by atoms with Gasteiger partial charge in [0.05, 0.1) is 12.0 Å². The van der Waals surface area contributed by atoms with Crippen molar-refractivity contribution in [3.05, 3.63) is 101 Å². The smallest absolute Gasteiger partial charge is 0.241 e. The minimum atomic E-state index is -1.19. The summed E-state index contributed by atoms with van der Waals surface area (Å²) in [5, 5.41) is 0. The normalized spacial score (nSPS) is 20.5. The van der Waals surface area contributed by atoms with Gasteiger partial charge in [-0.3, -0.25) is 29.2 Å². The largest absolute Gasteiger partial charge is 0.340 e. The van der Waals surface area contributed by atoms with Crippen LogP contribution < -0.4 is 0 Å². The Morgan fingerprint density at radius 2 is 1.49 bits per heavy atom. The quantitative estimate of drug-likeness (QED) is 0.469. The highest BCUT2D eigenvalue weighted by Crippen LogP contribution is 2.42. The van der Waals surface area contributed by atoms with Crippen LogP contribution in [0.3, 0.4) is 0 Å². The second kappa shape index (κ2) is 10.6. The van der Waals surface area contributed by atoms with Crippen LogP contribution >= 0.6 is 0 Å². The van der Waals surface area contributed by atoms with Crippen molar-refractivity contribution in [3.63, 3.8) is 0 Å². The molecule has 0 aliphatic carbocycles. The van der Waals surface area contributed by atoms with E-state index >= 15 is 0 Å². The highest BCUT2D eigenvalue weighted by molar-refractivity contribution is 6.10. The Bertz CT molecular complexity index is 1270. The van der Waals surface area contributed by atoms with Gasteiger partial charge in [0, 0.05) is 58.0 Å². The molecule has 190 valence electrons. The van der Waals surface area contributed by atoms with Gasteiger partial charge in [0.1, 0.15) is 0 Å². The van der Waals surface area contributed by atoms with Crippen molar-refractivity contribution in [2.45, 2.75) is 38.3 Å². The zero-order valence-corrected chi connectivity index (χ0v) is 21.2. The Morgan fingerprint density at radius 3 is 2.19 bits per heavy atom. The lowest BCUT2D eigenvalue weighted by atomic mass is 9.74. The van der Waals surface area contributed by atoms with E-state index in [0.29, 0.717) is 13.1 Å². The molecule has 7 heteroatoms. The maximum atomic E-state index is 14.0. The summed E-state index contributed by atoms with van der Waals surface area (Å²) in [7, 11) is 0. The van der Waals surface area contributed by atoms with E-state index in [2.05, 4.69) is 22.0 Å². The average Bonchev–Trinajstić information content (AvgIpc) is 3.15. The number of imide groups is 1. The van der Waals surface area contributed by atoms with Crippen LogP contribution in [0.25, 0.3) is 0 Å². The van der Waals surface area contributed by atoms with Crippen molar-refractivity contribution >= 4 is 17.7 Å². The number of pyridine rings is 1. The van der Waals surface area contributed by atoms with Crippen molar-refractivity contribution < 1.29 is 14.4 Å². The molecule has 2 aliphatic heterocycles. The van der Waals surface area contributed by atoms with Crippen LogP contribution in [-0.4, -0.2) is 63.6 Å². The summed E-state index contributed by atoms with van der Waals surface area (Å²) in [6.07, 6.45) is 3.29. The standard InChI is InChI=1S/C30H32N4O3/c1-23-7-5-6-10-26(23)30(20-28(36)34(29(30)37)22-25-11-13-31-14-12-25)19-27(35)33-17-15-32(16-18-33)21-24-8-3-2-4-9-24/h2-14H,15-22H2,1H3. The Hall–Kier alpha value is -3.84. The number of hydrogen-bond acceptors (Lipinski definition) is 5. The van der Waals surface area contributed by atoms with E-state index < -0.39 is 5.41 Å². The van der Waals surface area contributed by atoms with Crippen LogP contribution in [-0.2, 0) is 32.9 Å². The summed E-state index contributed by atoms with van der Waals surface area (Å²) in [6, 6.07) is 21.5. The molecule has 0 bridgehead atoms. The van der Waals surface area contributed by atoms with E-state index in [9.17, 15) is 14.4 Å². The summed E-state index contributed by atoms with van der Waals surface area (Å²) < 4.78 is 0. The molecule has 2 aromatic carbocycles. The summed E-state index contributed by atoms with van der Waals surface area (Å²) in [4.78, 5) is 50.4. The molecule has 0 N–H and O–H groups in total. The second-order valence-electron chi connectivity index (χ2n) is 10.0. The molecule has 1 atom stereocenters. The first kappa shape index (κ1) is 24.8. The van der Waals surface area contributed by atoms with Gasteiger partial charge in [-0.25, -0.2) is 0 Å². The maximum Gasteiger partial charge on any atom is 0.241 e. The minimum Gasteiger partial charge on any atom is -0.340 e. The van der Waals surface area contributed by atoms with Crippen LogP contribution in [0.15, 0.2) is 79.1 Å². The molecule has 1 aromatic heterocycles. The summed E-state index contributed by atoms with van der Waals surface area (Å²) >= 11 is 0. The zero-order valence-electron chi connectivity index (χ0n) is 21.2. The van der Waals surface area contributed by atoms with Crippen LogP contribution in [0, 0.1) is 6.92 Å². The molecular formula is C30H32N4O3. The maximum absolute atomic E-state index is 14.0. The van der Waals surface area contributed by atoms with Gasteiger partial charge < -0.3 is 4.90 Å². The van der Waals surface area contributed by atoms with Gasteiger partial charge >= 0.3 is 0 Å². The van der Waals surface area contributed by atoms with Crippen molar-refractivity contribution in [2.75, 3.05) is 26.2 Å². The molecule has 2 saturated heterocycles. The second-order valence-corrected chi connectivity index (χ2v) is 10.0. The summed E-state index contributed by atoms with van der Waals surface area (Å²) in [5.74, 6) is -0.611. The predicted molar refractivity (Wildman–Crippen MR) is 140 cm³/mol. The zero-order chi connectivity index (χ0) is 25.8. The third kappa shape index (κ3) is 5.18. The Morgan fingerprint density at radius 1 is 0.838 bits per heavy atom. The number of aryl methyl sites for hydroxylation is 1. The third-order valence-electron chi connectivity index (χ3n) is 7.59. The van der Waals surface area contributed by atoms with Gasteiger partial charge in [0.15, 0.2) is 0 Å². The molecule has 0 radical (unpaired) electrons. The molecule has 3 aromatic rings. The number of piperazine rings is 1. The number of carbonyl (C=O) groups excluding carboxylic acids is 3. The molecule has 2 fully saturated rings. The van der Waals surface area contributed by atoms with Crippen LogP contribution in [0.2, 0.25) is 0 Å². The van der Waals surface area contributed by atoms with Gasteiger partial charge in [0.25, 0.3) is 0 Å². The summed E-state index contributed by atoms with van der Waals surface area (Å²) in [6.45, 7) is 5.75. The minimum absolute atomic E-state index is 0.00147. The van der Waals surface area contributed by atoms with Gasteiger partial charge in [-0.2, -0.15) is 0 Å². The SMILES string of the molecule is Cc1ccccc1C1(CC(=O)N2CCN(Cc3ccccc3)CC2)CC(=O)N(Cc2ccncc2)C1=O. The summed E-state index contributed by atoms with van der Waals surface area (Å²) in [5.41, 5.74) is 2.58. The number of hydrogen-bond donors (Lipinski definition) is 0. The number of benzene rings is 2. The van der Waals surface area contributed by atoms with E-state index in [-0.39, 0.29) is 37.1 Å². The van der Waals surface area contributed by atoms with Crippen LogP contribution in [0.1, 0.15) is 35.1 Å². The molecule has 0 spiro atoms. The Kier molecular flexibility index (Phi) is 7.15. The first-order valence-corrected chi connectivity index (χ1v) is 12.8. The lowest BCUT2D eigenvalue weighted by Crippen LogP contribution is -2.50. The predicted octanol–water partition coefficient (Wildman–Crippen LogP) is 3.32. The molecule has 1 unspecified atom stereocenters. The van der Waals surface area contributed by atoms with Crippen LogP contribution in [0.4, 0.5) is 0 Å². The number of likely N-dealkylation sites (tertiary alicyclic amines) is 1. The number of carbonyl (C=O) groups is 3. The molecule has 7 nitrogen and oxygen atoms in total. The van der Waals surface area contributed by atoms with Crippen molar-refractivity contribution in [3.8, 4) is 0 Å². The molecule has 5 rings (SSSR count). The molecule has 2 aliphatic rings. The van der Waals surface area contributed by atoms with Gasteiger partial charge in [-0.15, -0.1) is 0 Å². The topological polar surface area (TPSA) is 73.8 Å². The van der Waals surface area contributed by atoms with Crippen LogP contribution in [0.5, 0.6) is 0 Å². The van der Waals surface area contributed by atoms with Crippen molar-refractivity contribution in [1.82, 2.24) is 19.7 Å². The molecule has 3 heterocycles. The van der Waals surface area contributed by atoms with Crippen molar-refractivity contribution in [2.24, 2.45) is 0 Å². The number of rotatable bonds is 7. The average molecular weight is 497 g/mol. The van der Waals surface area contributed by atoms with Crippen molar-refractivity contribution in [1.29, 1.82) is 0 Å². The fraction of sp³-hybridized carbons (Fsp3) is 0.333. The van der Waals surface area contributed by atoms with Gasteiger partial charge in [-0.1, -0.05) is 54.6 Å². The highest BCUT2D eigenvalue weighted by Gasteiger charge is 2.54. The number of aromatic nitrogens is 1. The molecule has 3 amide bonds. The lowest BCUT2D eigenvalue weighted by Gasteiger charge is -2.37. The van der Waals surface area contributed by atoms with Gasteiger partial charge in [0.2, 0.25) is 17.7 Å². The Balaban J connectivity index is 1.34. The monoisotopic (exact) mass is 496 g/mol. The molecule has 0 saturated carbocycles. The van der Waals surface area contributed by atoms with Gasteiger partial charge in [-0.05, 0) is 41.3 Å². The van der Waals surface area contributed by atoms with E-state index in [4.69, 9.17) is 0 Å². The van der Waals surface area contributed by atoms with E-state index in [0.717, 1.165) is 36.3 Å².